The number of nitrogens with zero attached hydrogens (tertiary/aromatic N) is 2. The summed E-state index contributed by atoms with van der Waals surface area (Å²) in [6, 6.07) is 10.5. The van der Waals surface area contributed by atoms with Crippen LogP contribution < -0.4 is 0 Å². The summed E-state index contributed by atoms with van der Waals surface area (Å²) in [5, 5.41) is 9.99. The lowest BCUT2D eigenvalue weighted by atomic mass is 10.1. The van der Waals surface area contributed by atoms with Crippen molar-refractivity contribution in [3.63, 3.8) is 0 Å². The molecule has 0 unspecified atom stereocenters. The van der Waals surface area contributed by atoms with Crippen molar-refractivity contribution in [3.8, 4) is 5.75 Å². The van der Waals surface area contributed by atoms with Gasteiger partial charge in [0.25, 0.3) is 5.91 Å². The number of aromatic nitrogens is 1. The Morgan fingerprint density at radius 1 is 1.26 bits per heavy atom. The maximum absolute atomic E-state index is 12.8. The quantitative estimate of drug-likeness (QED) is 0.922. The van der Waals surface area contributed by atoms with Gasteiger partial charge in [-0.25, -0.2) is 0 Å². The SMILES string of the molecule is O=C(c1ccncc1)N(Cc1ccccc1O)C[C@H]1CCCO1. The van der Waals surface area contributed by atoms with Crippen LogP contribution in [0.5, 0.6) is 5.75 Å². The summed E-state index contributed by atoms with van der Waals surface area (Å²) in [5.41, 5.74) is 1.32. The highest BCUT2D eigenvalue weighted by Crippen LogP contribution is 2.21. The first kappa shape index (κ1) is 15.5. The van der Waals surface area contributed by atoms with Crippen LogP contribution in [0.2, 0.25) is 0 Å². The van der Waals surface area contributed by atoms with Crippen molar-refractivity contribution in [1.29, 1.82) is 0 Å². The van der Waals surface area contributed by atoms with Crippen molar-refractivity contribution in [3.05, 3.63) is 59.9 Å². The molecule has 2 heterocycles. The van der Waals surface area contributed by atoms with E-state index in [1.165, 1.54) is 0 Å². The Kier molecular flexibility index (Phi) is 4.88. The Balaban J connectivity index is 1.81. The molecular weight excluding hydrogens is 292 g/mol. The van der Waals surface area contributed by atoms with Crippen molar-refractivity contribution in [2.24, 2.45) is 0 Å². The van der Waals surface area contributed by atoms with E-state index in [1.807, 2.05) is 12.1 Å². The summed E-state index contributed by atoms with van der Waals surface area (Å²) < 4.78 is 5.67. The molecule has 3 rings (SSSR count). The molecule has 1 aliphatic rings. The standard InChI is InChI=1S/C18H20N2O3/c21-17-6-2-1-4-15(17)12-20(13-16-5-3-11-23-16)18(22)14-7-9-19-10-8-14/h1-2,4,6-10,16,21H,3,5,11-13H2/t16-/m1/s1. The summed E-state index contributed by atoms with van der Waals surface area (Å²) >= 11 is 0. The van der Waals surface area contributed by atoms with Crippen LogP contribution in [-0.4, -0.2) is 40.2 Å². The van der Waals surface area contributed by atoms with E-state index < -0.39 is 0 Å². The van der Waals surface area contributed by atoms with E-state index in [-0.39, 0.29) is 17.8 Å². The Labute approximate surface area is 135 Å². The third kappa shape index (κ3) is 3.87. The summed E-state index contributed by atoms with van der Waals surface area (Å²) in [6.07, 6.45) is 5.26. The average molecular weight is 312 g/mol. The van der Waals surface area contributed by atoms with Gasteiger partial charge in [-0.05, 0) is 31.0 Å². The van der Waals surface area contributed by atoms with Gasteiger partial charge in [0.2, 0.25) is 0 Å². The predicted octanol–water partition coefficient (Wildman–Crippen LogP) is 2.61. The Bertz CT molecular complexity index is 654. The molecule has 0 radical (unpaired) electrons. The molecule has 1 amide bonds. The van der Waals surface area contributed by atoms with Crippen LogP contribution >= 0.6 is 0 Å². The second kappa shape index (κ2) is 7.24. The number of aromatic hydroxyl groups is 1. The number of pyridine rings is 1. The van der Waals surface area contributed by atoms with E-state index in [2.05, 4.69) is 4.98 Å². The Hall–Kier alpha value is -2.40. The van der Waals surface area contributed by atoms with Crippen LogP contribution in [0.25, 0.3) is 0 Å². The highest BCUT2D eigenvalue weighted by Gasteiger charge is 2.24. The van der Waals surface area contributed by atoms with E-state index in [4.69, 9.17) is 4.74 Å². The van der Waals surface area contributed by atoms with Gasteiger partial charge >= 0.3 is 0 Å². The van der Waals surface area contributed by atoms with Gasteiger partial charge in [0.15, 0.2) is 0 Å². The lowest BCUT2D eigenvalue weighted by molar-refractivity contribution is 0.0506. The van der Waals surface area contributed by atoms with Crippen LogP contribution in [0.4, 0.5) is 0 Å². The minimum atomic E-state index is -0.0776. The first-order valence-electron chi connectivity index (χ1n) is 7.82. The third-order valence-electron chi connectivity index (χ3n) is 4.02. The number of para-hydroxylation sites is 1. The molecule has 1 atom stereocenters. The van der Waals surface area contributed by atoms with Crippen LogP contribution in [0.15, 0.2) is 48.8 Å². The van der Waals surface area contributed by atoms with Gasteiger partial charge in [0.1, 0.15) is 5.75 Å². The topological polar surface area (TPSA) is 62.7 Å². The fraction of sp³-hybridized carbons (Fsp3) is 0.333. The Morgan fingerprint density at radius 3 is 2.74 bits per heavy atom. The first-order valence-corrected chi connectivity index (χ1v) is 7.82. The lowest BCUT2D eigenvalue weighted by Gasteiger charge is -2.26. The largest absolute Gasteiger partial charge is 0.508 e. The maximum atomic E-state index is 12.8. The van der Waals surface area contributed by atoms with Gasteiger partial charge in [0, 0.05) is 43.2 Å². The summed E-state index contributed by atoms with van der Waals surface area (Å²) in [6.45, 7) is 1.63. The minimum Gasteiger partial charge on any atom is -0.508 e. The van der Waals surface area contributed by atoms with Gasteiger partial charge in [-0.1, -0.05) is 18.2 Å². The van der Waals surface area contributed by atoms with Crippen molar-refractivity contribution in [2.45, 2.75) is 25.5 Å². The maximum Gasteiger partial charge on any atom is 0.254 e. The molecule has 5 nitrogen and oxygen atoms in total. The highest BCUT2D eigenvalue weighted by molar-refractivity contribution is 5.94. The molecule has 1 aliphatic heterocycles. The Morgan fingerprint density at radius 2 is 2.04 bits per heavy atom. The predicted molar refractivity (Wildman–Crippen MR) is 86.1 cm³/mol. The van der Waals surface area contributed by atoms with Crippen molar-refractivity contribution < 1.29 is 14.6 Å². The molecule has 1 aromatic carbocycles. The molecule has 0 saturated carbocycles. The number of phenolic OH excluding ortho intramolecular Hbond substituents is 1. The van der Waals surface area contributed by atoms with Crippen molar-refractivity contribution in [2.75, 3.05) is 13.2 Å². The van der Waals surface area contributed by atoms with Crippen LogP contribution in [0, 0.1) is 0 Å². The van der Waals surface area contributed by atoms with Crippen LogP contribution in [-0.2, 0) is 11.3 Å². The number of amides is 1. The van der Waals surface area contributed by atoms with Gasteiger partial charge < -0.3 is 14.7 Å². The lowest BCUT2D eigenvalue weighted by Crippen LogP contribution is -2.37. The summed E-state index contributed by atoms with van der Waals surface area (Å²) in [5.74, 6) is 0.124. The molecule has 0 aliphatic carbocycles. The van der Waals surface area contributed by atoms with Crippen molar-refractivity contribution >= 4 is 5.91 Å². The number of carbonyl (C=O) groups excluding carboxylic acids is 1. The molecule has 1 saturated heterocycles. The third-order valence-corrected chi connectivity index (χ3v) is 4.02. The van der Waals surface area contributed by atoms with E-state index in [1.54, 1.807) is 41.6 Å². The van der Waals surface area contributed by atoms with Gasteiger partial charge in [-0.2, -0.15) is 0 Å². The molecular formula is C18H20N2O3. The molecule has 1 aromatic heterocycles. The van der Waals surface area contributed by atoms with E-state index in [0.717, 1.165) is 25.0 Å². The molecule has 0 spiro atoms. The second-order valence-corrected chi connectivity index (χ2v) is 5.69. The van der Waals surface area contributed by atoms with Crippen LogP contribution in [0.3, 0.4) is 0 Å². The van der Waals surface area contributed by atoms with Gasteiger partial charge in [-0.3, -0.25) is 9.78 Å². The summed E-state index contributed by atoms with van der Waals surface area (Å²) in [7, 11) is 0. The molecule has 5 heteroatoms. The first-order chi connectivity index (χ1) is 11.2. The fourth-order valence-electron chi connectivity index (χ4n) is 2.78. The molecule has 1 N–H and O–H groups in total. The zero-order valence-corrected chi connectivity index (χ0v) is 12.9. The number of hydrogen-bond acceptors (Lipinski definition) is 4. The molecule has 120 valence electrons. The van der Waals surface area contributed by atoms with Crippen molar-refractivity contribution in [1.82, 2.24) is 9.88 Å². The van der Waals surface area contributed by atoms with E-state index in [9.17, 15) is 9.90 Å². The number of hydrogen-bond donors (Lipinski definition) is 1. The molecule has 1 fully saturated rings. The van der Waals surface area contributed by atoms with E-state index >= 15 is 0 Å². The molecule has 23 heavy (non-hydrogen) atoms. The molecule has 2 aromatic rings. The monoisotopic (exact) mass is 312 g/mol. The number of rotatable bonds is 5. The zero-order chi connectivity index (χ0) is 16.1. The van der Waals surface area contributed by atoms with Crippen LogP contribution in [0.1, 0.15) is 28.8 Å². The summed E-state index contributed by atoms with van der Waals surface area (Å²) in [4.78, 5) is 18.5. The zero-order valence-electron chi connectivity index (χ0n) is 12.9. The average Bonchev–Trinajstić information content (AvgIpc) is 3.09. The van der Waals surface area contributed by atoms with E-state index in [0.29, 0.717) is 18.7 Å². The van der Waals surface area contributed by atoms with Gasteiger partial charge in [-0.15, -0.1) is 0 Å². The fourth-order valence-corrected chi connectivity index (χ4v) is 2.78. The number of benzene rings is 1. The normalized spacial score (nSPS) is 17.1. The molecule has 0 bridgehead atoms. The minimum absolute atomic E-state index is 0.0617. The number of phenols is 1. The number of carbonyl (C=O) groups is 1. The number of ether oxygens (including phenoxy) is 1. The van der Waals surface area contributed by atoms with Gasteiger partial charge in [0.05, 0.1) is 6.10 Å². The second-order valence-electron chi connectivity index (χ2n) is 5.69. The highest BCUT2D eigenvalue weighted by atomic mass is 16.5. The smallest absolute Gasteiger partial charge is 0.254 e.